The number of nitrogens with zero attached hydrogens (tertiary/aromatic N) is 1. The number of ether oxygens (including phenoxy) is 3. The standard InChI is InChI=1S/C27H40ClNO5/c1-20-9-10-22(17-21(20)2)34-19-24-23(25(28)18-26(24)30)7-5-3-4-6-8-27(31)33-16-13-29-11-14-32-15-12-29/h3,5,9-10,17,23-26,30H,4,6-8,11-16,18-19H2,1-2H3/b5-3-/t23-,24-,25-,26-/m1/s1. The van der Waals surface area contributed by atoms with Gasteiger partial charge in [-0.25, -0.2) is 0 Å². The number of esters is 1. The molecule has 1 aromatic rings. The highest BCUT2D eigenvalue weighted by Gasteiger charge is 2.41. The van der Waals surface area contributed by atoms with Crippen molar-refractivity contribution in [2.24, 2.45) is 11.8 Å². The SMILES string of the molecule is Cc1ccc(OC[C@@H]2[C@@H](C/C=C\CCCC(=O)OCCN3CCOCC3)[C@H](Cl)C[C@H]2O)cc1C. The Kier molecular flexibility index (Phi) is 11.2. The Bertz CT molecular complexity index is 795. The van der Waals surface area contributed by atoms with E-state index in [1.54, 1.807) is 0 Å². The topological polar surface area (TPSA) is 68.2 Å². The van der Waals surface area contributed by atoms with Crippen molar-refractivity contribution in [1.29, 1.82) is 0 Å². The number of carbonyl (C=O) groups excluding carboxylic acids is 1. The Morgan fingerprint density at radius 1 is 1.21 bits per heavy atom. The van der Waals surface area contributed by atoms with Gasteiger partial charge in [-0.05, 0) is 68.7 Å². The number of morpholine rings is 1. The van der Waals surface area contributed by atoms with Crippen LogP contribution >= 0.6 is 11.6 Å². The van der Waals surface area contributed by atoms with Crippen LogP contribution in [-0.4, -0.2) is 73.5 Å². The number of allylic oxidation sites excluding steroid dienone is 2. The fraction of sp³-hybridized carbons (Fsp3) is 0.667. The second-order valence-electron chi connectivity index (χ2n) is 9.48. The molecule has 34 heavy (non-hydrogen) atoms. The fourth-order valence-electron chi connectivity index (χ4n) is 4.61. The molecule has 2 aliphatic rings. The van der Waals surface area contributed by atoms with Gasteiger partial charge in [0, 0.05) is 37.4 Å². The molecular weight excluding hydrogens is 454 g/mol. The van der Waals surface area contributed by atoms with Gasteiger partial charge in [0.15, 0.2) is 0 Å². The van der Waals surface area contributed by atoms with Crippen molar-refractivity contribution in [2.45, 2.75) is 57.4 Å². The molecule has 1 aromatic carbocycles. The van der Waals surface area contributed by atoms with E-state index in [2.05, 4.69) is 37.0 Å². The molecule has 1 N–H and O–H groups in total. The van der Waals surface area contributed by atoms with Crippen LogP contribution in [0.2, 0.25) is 0 Å². The van der Waals surface area contributed by atoms with Crippen molar-refractivity contribution in [3.05, 3.63) is 41.5 Å². The van der Waals surface area contributed by atoms with E-state index in [1.807, 2.05) is 12.1 Å². The molecule has 0 bridgehead atoms. The number of halogens is 1. The Morgan fingerprint density at radius 2 is 2.00 bits per heavy atom. The van der Waals surface area contributed by atoms with Crippen LogP contribution in [0.3, 0.4) is 0 Å². The first-order chi connectivity index (χ1) is 16.4. The van der Waals surface area contributed by atoms with Crippen LogP contribution < -0.4 is 4.74 Å². The lowest BCUT2D eigenvalue weighted by Crippen LogP contribution is -2.38. The van der Waals surface area contributed by atoms with Crippen molar-refractivity contribution in [1.82, 2.24) is 4.90 Å². The summed E-state index contributed by atoms with van der Waals surface area (Å²) in [6.07, 6.45) is 7.21. The molecule has 0 spiro atoms. The molecule has 0 amide bonds. The number of aliphatic hydroxyl groups is 1. The van der Waals surface area contributed by atoms with Gasteiger partial charge >= 0.3 is 5.97 Å². The van der Waals surface area contributed by atoms with E-state index in [4.69, 9.17) is 25.8 Å². The number of aliphatic hydroxyl groups excluding tert-OH is 1. The van der Waals surface area contributed by atoms with Crippen molar-refractivity contribution in [3.8, 4) is 5.75 Å². The molecule has 0 unspecified atom stereocenters. The molecule has 0 aromatic heterocycles. The number of carbonyl (C=O) groups is 1. The monoisotopic (exact) mass is 493 g/mol. The molecule has 1 aliphatic carbocycles. The average molecular weight is 494 g/mol. The second-order valence-corrected chi connectivity index (χ2v) is 10.0. The Hall–Kier alpha value is -1.60. The summed E-state index contributed by atoms with van der Waals surface area (Å²) in [6, 6.07) is 6.07. The number of aryl methyl sites for hydroxylation is 2. The highest BCUT2D eigenvalue weighted by atomic mass is 35.5. The first-order valence-corrected chi connectivity index (χ1v) is 13.0. The smallest absolute Gasteiger partial charge is 0.305 e. The normalized spacial score (nSPS) is 25.6. The van der Waals surface area contributed by atoms with E-state index in [-0.39, 0.29) is 23.2 Å². The second kappa shape index (κ2) is 14.1. The third-order valence-corrected chi connectivity index (χ3v) is 7.50. The summed E-state index contributed by atoms with van der Waals surface area (Å²) in [5.41, 5.74) is 2.43. The molecule has 1 saturated heterocycles. The first kappa shape index (κ1) is 27.0. The molecule has 1 heterocycles. The van der Waals surface area contributed by atoms with Gasteiger partial charge in [0.2, 0.25) is 0 Å². The largest absolute Gasteiger partial charge is 0.493 e. The molecule has 1 aliphatic heterocycles. The Morgan fingerprint density at radius 3 is 2.76 bits per heavy atom. The van der Waals surface area contributed by atoms with Gasteiger partial charge < -0.3 is 19.3 Å². The van der Waals surface area contributed by atoms with Gasteiger partial charge in [-0.1, -0.05) is 18.2 Å². The number of unbranched alkanes of at least 4 members (excludes halogenated alkanes) is 1. The van der Waals surface area contributed by atoms with Crippen molar-refractivity contribution in [2.75, 3.05) is 46.1 Å². The predicted octanol–water partition coefficient (Wildman–Crippen LogP) is 4.28. The maximum Gasteiger partial charge on any atom is 0.305 e. The van der Waals surface area contributed by atoms with Gasteiger partial charge in [-0.15, -0.1) is 11.6 Å². The highest BCUT2D eigenvalue weighted by Crippen LogP contribution is 2.39. The minimum Gasteiger partial charge on any atom is -0.493 e. The van der Waals surface area contributed by atoms with Crippen LogP contribution in [-0.2, 0) is 14.3 Å². The summed E-state index contributed by atoms with van der Waals surface area (Å²) >= 11 is 6.56. The van der Waals surface area contributed by atoms with Gasteiger partial charge in [-0.3, -0.25) is 9.69 Å². The van der Waals surface area contributed by atoms with Crippen LogP contribution in [0.5, 0.6) is 5.75 Å². The van der Waals surface area contributed by atoms with Crippen LogP contribution in [0.25, 0.3) is 0 Å². The zero-order valence-corrected chi connectivity index (χ0v) is 21.3. The van der Waals surface area contributed by atoms with E-state index < -0.39 is 6.10 Å². The molecular formula is C27H40ClNO5. The maximum absolute atomic E-state index is 11.9. The van der Waals surface area contributed by atoms with Gasteiger partial charge in [0.05, 0.1) is 25.9 Å². The number of rotatable bonds is 12. The molecule has 0 radical (unpaired) electrons. The molecule has 7 heteroatoms. The number of hydrogen-bond donors (Lipinski definition) is 1. The van der Waals surface area contributed by atoms with E-state index in [1.165, 1.54) is 11.1 Å². The lowest BCUT2D eigenvalue weighted by Gasteiger charge is -2.26. The number of alkyl halides is 1. The third kappa shape index (κ3) is 8.56. The van der Waals surface area contributed by atoms with E-state index in [9.17, 15) is 9.90 Å². The van der Waals surface area contributed by atoms with Crippen LogP contribution in [0.1, 0.15) is 43.2 Å². The highest BCUT2D eigenvalue weighted by molar-refractivity contribution is 6.21. The Labute approximate surface area is 209 Å². The van der Waals surface area contributed by atoms with Crippen LogP contribution in [0, 0.1) is 25.7 Å². The van der Waals surface area contributed by atoms with Crippen LogP contribution in [0.4, 0.5) is 0 Å². The summed E-state index contributed by atoms with van der Waals surface area (Å²) in [7, 11) is 0. The van der Waals surface area contributed by atoms with Crippen molar-refractivity contribution >= 4 is 17.6 Å². The first-order valence-electron chi connectivity index (χ1n) is 12.6. The minimum atomic E-state index is -0.445. The third-order valence-electron chi connectivity index (χ3n) is 7.00. The van der Waals surface area contributed by atoms with Gasteiger partial charge in [-0.2, -0.15) is 0 Å². The molecule has 3 rings (SSSR count). The summed E-state index contributed by atoms with van der Waals surface area (Å²) in [5, 5.41) is 10.5. The van der Waals surface area contributed by atoms with E-state index in [0.29, 0.717) is 26.1 Å². The van der Waals surface area contributed by atoms with Crippen LogP contribution in [0.15, 0.2) is 30.4 Å². The van der Waals surface area contributed by atoms with Crippen molar-refractivity contribution < 1.29 is 24.1 Å². The summed E-state index contributed by atoms with van der Waals surface area (Å²) in [4.78, 5) is 14.2. The van der Waals surface area contributed by atoms with E-state index in [0.717, 1.165) is 57.9 Å². The zero-order chi connectivity index (χ0) is 24.3. The Balaban J connectivity index is 1.32. The van der Waals surface area contributed by atoms with Gasteiger partial charge in [0.1, 0.15) is 12.4 Å². The quantitative estimate of drug-likeness (QED) is 0.203. The fourth-order valence-corrected chi connectivity index (χ4v) is 5.08. The molecule has 4 atom stereocenters. The maximum atomic E-state index is 11.9. The lowest BCUT2D eigenvalue weighted by atomic mass is 9.92. The van der Waals surface area contributed by atoms with E-state index >= 15 is 0 Å². The minimum absolute atomic E-state index is 0.00945. The number of benzene rings is 1. The summed E-state index contributed by atoms with van der Waals surface area (Å²) < 4.78 is 16.7. The zero-order valence-electron chi connectivity index (χ0n) is 20.6. The average Bonchev–Trinajstić information content (AvgIpc) is 3.09. The van der Waals surface area contributed by atoms with Gasteiger partial charge in [0.25, 0.3) is 0 Å². The van der Waals surface area contributed by atoms with Crippen molar-refractivity contribution in [3.63, 3.8) is 0 Å². The summed E-state index contributed by atoms with van der Waals surface area (Å²) in [5.74, 6) is 0.879. The lowest BCUT2D eigenvalue weighted by molar-refractivity contribution is -0.144. The molecule has 1 saturated carbocycles. The number of hydrogen-bond acceptors (Lipinski definition) is 6. The summed E-state index contributed by atoms with van der Waals surface area (Å²) in [6.45, 7) is 9.15. The predicted molar refractivity (Wildman–Crippen MR) is 134 cm³/mol. The molecule has 190 valence electrons. The molecule has 2 fully saturated rings. The molecule has 6 nitrogen and oxygen atoms in total.